The van der Waals surface area contributed by atoms with Gasteiger partial charge in [-0.25, -0.2) is 9.97 Å². The lowest BCUT2D eigenvalue weighted by Crippen LogP contribution is -2.20. The van der Waals surface area contributed by atoms with Crippen LogP contribution >= 0.6 is 0 Å². The Kier molecular flexibility index (Phi) is 5.24. The van der Waals surface area contributed by atoms with E-state index in [4.69, 9.17) is 9.97 Å². The van der Waals surface area contributed by atoms with Crippen LogP contribution in [-0.4, -0.2) is 9.97 Å². The molecule has 0 saturated carbocycles. The van der Waals surface area contributed by atoms with Gasteiger partial charge >= 0.3 is 0 Å². The Labute approximate surface area is 257 Å². The lowest BCUT2D eigenvalue weighted by atomic mass is 9.81. The molecular weight excluding hydrogens is 534 g/mol. The largest absolute Gasteiger partial charge is 0.278 e. The molecule has 0 fully saturated rings. The molecule has 3 heteroatoms. The van der Waals surface area contributed by atoms with Crippen LogP contribution in [0.3, 0.4) is 0 Å². The Morgan fingerprint density at radius 3 is 1.80 bits per heavy atom. The van der Waals surface area contributed by atoms with Crippen LogP contribution in [-0.2, 0) is 5.41 Å². The van der Waals surface area contributed by atoms with Gasteiger partial charge in [0, 0.05) is 27.5 Å². The van der Waals surface area contributed by atoms with Gasteiger partial charge in [0.1, 0.15) is 0 Å². The molecule has 0 bridgehead atoms. The smallest absolute Gasteiger partial charge is 0.235 e. The Hall–Kier alpha value is -5.54. The molecule has 0 saturated heterocycles. The van der Waals surface area contributed by atoms with Gasteiger partial charge in [0.25, 0.3) is 0 Å². The monoisotopic (exact) mass is 563 g/mol. The summed E-state index contributed by atoms with van der Waals surface area (Å²) in [6.45, 7) is 4.68. The standard InChI is InChI=1S/C41H29N3/c1-41(2)33-21-10-9-19-29(33)31-23-32-30-20-11-17-28-18-12-22-37(39(28)30)44(38(32)24-34(31)41)40-42-35(26-13-5-3-6-14-26)25-36(43-40)27-15-7-4-8-16-27/h3-25H,1-2H3. The minimum Gasteiger partial charge on any atom is -0.278 e. The molecule has 1 aliphatic carbocycles. The molecule has 44 heavy (non-hydrogen) atoms. The summed E-state index contributed by atoms with van der Waals surface area (Å²) in [6, 6.07) is 49.8. The van der Waals surface area contributed by atoms with Crippen molar-refractivity contribution >= 4 is 28.1 Å². The van der Waals surface area contributed by atoms with Crippen molar-refractivity contribution in [3.63, 3.8) is 0 Å². The van der Waals surface area contributed by atoms with E-state index in [0.717, 1.165) is 33.9 Å². The van der Waals surface area contributed by atoms with E-state index in [1.165, 1.54) is 44.2 Å². The molecule has 1 aliphatic heterocycles. The van der Waals surface area contributed by atoms with Crippen LogP contribution in [0.15, 0.2) is 140 Å². The van der Waals surface area contributed by atoms with Crippen LogP contribution in [0.5, 0.6) is 0 Å². The number of hydrogen-bond donors (Lipinski definition) is 0. The summed E-state index contributed by atoms with van der Waals surface area (Å²) in [4.78, 5) is 12.9. The molecule has 7 aromatic rings. The van der Waals surface area contributed by atoms with E-state index < -0.39 is 0 Å². The molecule has 1 aromatic heterocycles. The van der Waals surface area contributed by atoms with E-state index in [2.05, 4.69) is 146 Å². The van der Waals surface area contributed by atoms with Gasteiger partial charge in [-0.2, -0.15) is 0 Å². The van der Waals surface area contributed by atoms with Gasteiger partial charge in [-0.05, 0) is 57.5 Å². The van der Waals surface area contributed by atoms with Crippen molar-refractivity contribution in [2.75, 3.05) is 4.90 Å². The van der Waals surface area contributed by atoms with Gasteiger partial charge in [-0.15, -0.1) is 0 Å². The van der Waals surface area contributed by atoms with Gasteiger partial charge in [0.05, 0.1) is 22.8 Å². The summed E-state index contributed by atoms with van der Waals surface area (Å²) in [5.74, 6) is 0.668. The van der Waals surface area contributed by atoms with E-state index in [-0.39, 0.29) is 5.41 Å². The first-order valence-electron chi connectivity index (χ1n) is 15.2. The molecule has 0 N–H and O–H groups in total. The van der Waals surface area contributed by atoms with E-state index >= 15 is 0 Å². The highest BCUT2D eigenvalue weighted by atomic mass is 15.3. The molecule has 0 spiro atoms. The summed E-state index contributed by atoms with van der Waals surface area (Å²) >= 11 is 0. The van der Waals surface area contributed by atoms with Crippen LogP contribution in [0, 0.1) is 0 Å². The zero-order valence-corrected chi connectivity index (χ0v) is 24.6. The quantitative estimate of drug-likeness (QED) is 0.214. The molecule has 0 unspecified atom stereocenters. The maximum absolute atomic E-state index is 5.30. The molecule has 0 radical (unpaired) electrons. The van der Waals surface area contributed by atoms with Gasteiger partial charge in [0.2, 0.25) is 5.95 Å². The molecule has 6 aromatic carbocycles. The minimum atomic E-state index is -0.127. The highest BCUT2D eigenvalue weighted by Crippen LogP contribution is 2.56. The summed E-state index contributed by atoms with van der Waals surface area (Å²) in [7, 11) is 0. The van der Waals surface area contributed by atoms with Gasteiger partial charge in [-0.3, -0.25) is 4.90 Å². The average Bonchev–Trinajstić information content (AvgIpc) is 3.30. The molecule has 9 rings (SSSR count). The lowest BCUT2D eigenvalue weighted by Gasteiger charge is -2.34. The van der Waals surface area contributed by atoms with E-state index in [1.54, 1.807) is 0 Å². The summed E-state index contributed by atoms with van der Waals surface area (Å²) < 4.78 is 0. The van der Waals surface area contributed by atoms with Gasteiger partial charge in [-0.1, -0.05) is 129 Å². The maximum Gasteiger partial charge on any atom is 0.235 e. The fourth-order valence-corrected chi connectivity index (χ4v) is 7.26. The molecular formula is C41H29N3. The Morgan fingerprint density at radius 1 is 0.477 bits per heavy atom. The topological polar surface area (TPSA) is 29.0 Å². The minimum absolute atomic E-state index is 0.127. The Morgan fingerprint density at radius 2 is 1.09 bits per heavy atom. The van der Waals surface area contributed by atoms with Crippen molar-refractivity contribution < 1.29 is 0 Å². The number of rotatable bonds is 3. The van der Waals surface area contributed by atoms with E-state index in [1.807, 2.05) is 12.1 Å². The fourth-order valence-electron chi connectivity index (χ4n) is 7.26. The zero-order chi connectivity index (χ0) is 29.4. The van der Waals surface area contributed by atoms with Crippen molar-refractivity contribution in [3.05, 3.63) is 151 Å². The van der Waals surface area contributed by atoms with E-state index in [9.17, 15) is 0 Å². The van der Waals surface area contributed by atoms with Crippen molar-refractivity contribution in [1.82, 2.24) is 9.97 Å². The number of anilines is 3. The third-order valence-electron chi connectivity index (χ3n) is 9.41. The average molecular weight is 564 g/mol. The van der Waals surface area contributed by atoms with Crippen LogP contribution < -0.4 is 4.90 Å². The van der Waals surface area contributed by atoms with Crippen molar-refractivity contribution in [3.8, 4) is 44.8 Å². The summed E-state index contributed by atoms with van der Waals surface area (Å²) in [5.41, 5.74) is 13.8. The zero-order valence-electron chi connectivity index (χ0n) is 24.6. The Balaban J connectivity index is 1.37. The lowest BCUT2D eigenvalue weighted by molar-refractivity contribution is 0.660. The maximum atomic E-state index is 5.30. The molecule has 2 heterocycles. The summed E-state index contributed by atoms with van der Waals surface area (Å²) in [6.07, 6.45) is 0. The second kappa shape index (κ2) is 9.23. The number of fused-ring (bicyclic) bond motifs is 5. The molecule has 3 nitrogen and oxygen atoms in total. The number of benzene rings is 6. The molecule has 0 amide bonds. The van der Waals surface area contributed by atoms with Gasteiger partial charge in [0.15, 0.2) is 0 Å². The molecule has 2 aliphatic rings. The second-order valence-corrected chi connectivity index (χ2v) is 12.3. The fraction of sp³-hybridized carbons (Fsp3) is 0.0732. The Bertz CT molecular complexity index is 2190. The normalized spacial score (nSPS) is 13.8. The number of nitrogens with zero attached hydrogens (tertiary/aromatic N) is 3. The molecule has 208 valence electrons. The second-order valence-electron chi connectivity index (χ2n) is 12.3. The third-order valence-corrected chi connectivity index (χ3v) is 9.41. The predicted octanol–water partition coefficient (Wildman–Crippen LogP) is 10.7. The van der Waals surface area contributed by atoms with Crippen molar-refractivity contribution in [2.24, 2.45) is 0 Å². The predicted molar refractivity (Wildman–Crippen MR) is 182 cm³/mol. The van der Waals surface area contributed by atoms with Crippen LogP contribution in [0.2, 0.25) is 0 Å². The van der Waals surface area contributed by atoms with Crippen molar-refractivity contribution in [2.45, 2.75) is 19.3 Å². The van der Waals surface area contributed by atoms with Gasteiger partial charge < -0.3 is 0 Å². The number of aromatic nitrogens is 2. The first-order chi connectivity index (χ1) is 21.6. The highest BCUT2D eigenvalue weighted by molar-refractivity contribution is 6.14. The SMILES string of the molecule is CC1(C)c2ccccc2-c2cc3c(cc21)N(c1nc(-c2ccccc2)cc(-c2ccccc2)n1)c1cccc2cccc-3c12. The third kappa shape index (κ3) is 3.56. The first kappa shape index (κ1) is 25.0. The van der Waals surface area contributed by atoms with Crippen LogP contribution in [0.1, 0.15) is 25.0 Å². The van der Waals surface area contributed by atoms with Crippen molar-refractivity contribution in [1.29, 1.82) is 0 Å². The van der Waals surface area contributed by atoms with Crippen LogP contribution in [0.4, 0.5) is 17.3 Å². The van der Waals surface area contributed by atoms with E-state index in [0.29, 0.717) is 5.95 Å². The first-order valence-corrected chi connectivity index (χ1v) is 15.2. The summed E-state index contributed by atoms with van der Waals surface area (Å²) in [5, 5.41) is 2.43. The highest BCUT2D eigenvalue weighted by Gasteiger charge is 2.38. The molecule has 0 atom stereocenters. The number of hydrogen-bond acceptors (Lipinski definition) is 3. The van der Waals surface area contributed by atoms with Crippen LogP contribution in [0.25, 0.3) is 55.5 Å².